The van der Waals surface area contributed by atoms with Gasteiger partial charge in [0.2, 0.25) is 5.13 Å². The number of hydrogen-bond acceptors (Lipinski definition) is 5. The van der Waals surface area contributed by atoms with E-state index in [1.54, 1.807) is 5.51 Å². The lowest BCUT2D eigenvalue weighted by atomic mass is 10.0. The summed E-state index contributed by atoms with van der Waals surface area (Å²) in [7, 11) is 0. The molecular weight excluding hydrogens is 214 g/mol. The van der Waals surface area contributed by atoms with Gasteiger partial charge in [-0.25, -0.2) is 0 Å². The smallest absolute Gasteiger partial charge is 0.303 e. The minimum absolute atomic E-state index is 0.286. The number of aliphatic carboxylic acids is 1. The molecule has 0 radical (unpaired) electrons. The maximum absolute atomic E-state index is 10.5. The SMILES string of the molecule is O=C(O)CC1CCC(Nc2nncs2)C1. The van der Waals surface area contributed by atoms with Crippen molar-refractivity contribution in [1.82, 2.24) is 10.2 Å². The Balaban J connectivity index is 1.80. The van der Waals surface area contributed by atoms with Gasteiger partial charge in [0.15, 0.2) is 0 Å². The molecule has 2 rings (SSSR count). The third-order valence-electron chi connectivity index (χ3n) is 2.69. The first-order valence-electron chi connectivity index (χ1n) is 4.98. The van der Waals surface area contributed by atoms with Crippen molar-refractivity contribution >= 4 is 22.4 Å². The summed E-state index contributed by atoms with van der Waals surface area (Å²) in [6, 6.07) is 0.363. The minimum atomic E-state index is -0.698. The van der Waals surface area contributed by atoms with E-state index < -0.39 is 5.97 Å². The Morgan fingerprint density at radius 3 is 3.20 bits per heavy atom. The molecule has 5 nitrogen and oxygen atoms in total. The van der Waals surface area contributed by atoms with Crippen molar-refractivity contribution in [2.24, 2.45) is 5.92 Å². The fourth-order valence-corrected chi connectivity index (χ4v) is 2.57. The number of carboxylic acids is 1. The highest BCUT2D eigenvalue weighted by molar-refractivity contribution is 7.13. The number of carbonyl (C=O) groups is 1. The summed E-state index contributed by atoms with van der Waals surface area (Å²) < 4.78 is 0. The number of anilines is 1. The van der Waals surface area contributed by atoms with Gasteiger partial charge in [-0.15, -0.1) is 10.2 Å². The van der Waals surface area contributed by atoms with Crippen LogP contribution in [0.25, 0.3) is 0 Å². The van der Waals surface area contributed by atoms with Crippen LogP contribution in [0.2, 0.25) is 0 Å². The minimum Gasteiger partial charge on any atom is -0.481 e. The lowest BCUT2D eigenvalue weighted by Crippen LogP contribution is -2.16. The number of hydrogen-bond donors (Lipinski definition) is 2. The van der Waals surface area contributed by atoms with Crippen molar-refractivity contribution in [2.75, 3.05) is 5.32 Å². The molecular formula is C9H13N3O2S. The quantitative estimate of drug-likeness (QED) is 0.817. The average Bonchev–Trinajstić information content (AvgIpc) is 2.77. The third kappa shape index (κ3) is 2.89. The van der Waals surface area contributed by atoms with Crippen LogP contribution >= 0.6 is 11.3 Å². The van der Waals surface area contributed by atoms with Gasteiger partial charge in [-0.05, 0) is 25.2 Å². The van der Waals surface area contributed by atoms with Crippen LogP contribution in [-0.2, 0) is 4.79 Å². The van der Waals surface area contributed by atoms with E-state index in [0.717, 1.165) is 24.4 Å². The normalized spacial score (nSPS) is 25.3. The van der Waals surface area contributed by atoms with Crippen molar-refractivity contribution in [3.63, 3.8) is 0 Å². The van der Waals surface area contributed by atoms with Gasteiger partial charge in [0, 0.05) is 12.5 Å². The average molecular weight is 227 g/mol. The second kappa shape index (κ2) is 4.57. The monoisotopic (exact) mass is 227 g/mol. The molecule has 1 aromatic heterocycles. The van der Waals surface area contributed by atoms with Gasteiger partial charge in [0.25, 0.3) is 0 Å². The van der Waals surface area contributed by atoms with Gasteiger partial charge in [0.05, 0.1) is 0 Å². The summed E-state index contributed by atoms with van der Waals surface area (Å²) in [5.74, 6) is -0.385. The Bertz CT molecular complexity index is 328. The van der Waals surface area contributed by atoms with E-state index >= 15 is 0 Å². The molecule has 0 bridgehead atoms. The van der Waals surface area contributed by atoms with Crippen molar-refractivity contribution in [3.8, 4) is 0 Å². The zero-order valence-electron chi connectivity index (χ0n) is 8.22. The summed E-state index contributed by atoms with van der Waals surface area (Å²) >= 11 is 1.48. The van der Waals surface area contributed by atoms with Gasteiger partial charge < -0.3 is 10.4 Å². The standard InChI is InChI=1S/C9H13N3O2S/c13-8(14)4-6-1-2-7(3-6)11-9-12-10-5-15-9/h5-7H,1-4H2,(H,11,12)(H,13,14). The molecule has 2 N–H and O–H groups in total. The predicted molar refractivity (Wildman–Crippen MR) is 56.9 cm³/mol. The van der Waals surface area contributed by atoms with Crippen LogP contribution in [0.5, 0.6) is 0 Å². The molecule has 0 amide bonds. The summed E-state index contributed by atoms with van der Waals surface area (Å²) in [5, 5.41) is 20.4. The first kappa shape index (κ1) is 10.4. The molecule has 1 aromatic rings. The van der Waals surface area contributed by atoms with Crippen LogP contribution in [0.4, 0.5) is 5.13 Å². The first-order chi connectivity index (χ1) is 7.24. The highest BCUT2D eigenvalue weighted by Gasteiger charge is 2.26. The molecule has 1 heterocycles. The Kier molecular flexibility index (Phi) is 3.15. The molecule has 2 atom stereocenters. The Morgan fingerprint density at radius 1 is 1.67 bits per heavy atom. The Labute approximate surface area is 91.5 Å². The summed E-state index contributed by atoms with van der Waals surface area (Å²) in [5.41, 5.74) is 1.69. The van der Waals surface area contributed by atoms with E-state index in [9.17, 15) is 4.79 Å². The predicted octanol–water partition coefficient (Wildman–Crippen LogP) is 1.59. The topological polar surface area (TPSA) is 75.1 Å². The van der Waals surface area contributed by atoms with E-state index in [4.69, 9.17) is 5.11 Å². The van der Waals surface area contributed by atoms with Crippen molar-refractivity contribution in [1.29, 1.82) is 0 Å². The van der Waals surface area contributed by atoms with Crippen LogP contribution < -0.4 is 5.32 Å². The molecule has 0 saturated heterocycles. The molecule has 1 fully saturated rings. The molecule has 2 unspecified atom stereocenters. The molecule has 15 heavy (non-hydrogen) atoms. The highest BCUT2D eigenvalue weighted by Crippen LogP contribution is 2.30. The van der Waals surface area contributed by atoms with Crippen LogP contribution in [0.3, 0.4) is 0 Å². The molecule has 1 aliphatic carbocycles. The maximum Gasteiger partial charge on any atom is 0.303 e. The van der Waals surface area contributed by atoms with Crippen LogP contribution in [0, 0.1) is 5.92 Å². The van der Waals surface area contributed by atoms with Crippen LogP contribution in [0.1, 0.15) is 25.7 Å². The summed E-state index contributed by atoms with van der Waals surface area (Å²) in [6.45, 7) is 0. The number of rotatable bonds is 4. The number of nitrogens with zero attached hydrogens (tertiary/aromatic N) is 2. The Morgan fingerprint density at radius 2 is 2.53 bits per heavy atom. The number of carboxylic acid groups (broad SMARTS) is 1. The first-order valence-corrected chi connectivity index (χ1v) is 5.86. The molecule has 6 heteroatoms. The number of nitrogens with one attached hydrogen (secondary N) is 1. The lowest BCUT2D eigenvalue weighted by Gasteiger charge is -2.10. The van der Waals surface area contributed by atoms with E-state index in [1.807, 2.05) is 0 Å². The van der Waals surface area contributed by atoms with E-state index in [-0.39, 0.29) is 6.42 Å². The van der Waals surface area contributed by atoms with Crippen LogP contribution in [-0.4, -0.2) is 27.3 Å². The van der Waals surface area contributed by atoms with Crippen molar-refractivity contribution < 1.29 is 9.90 Å². The summed E-state index contributed by atoms with van der Waals surface area (Å²) in [4.78, 5) is 10.5. The van der Waals surface area contributed by atoms with E-state index in [2.05, 4.69) is 15.5 Å². The lowest BCUT2D eigenvalue weighted by molar-refractivity contribution is -0.138. The second-order valence-corrected chi connectivity index (χ2v) is 4.70. The van der Waals surface area contributed by atoms with Crippen LogP contribution in [0.15, 0.2) is 5.51 Å². The molecule has 0 spiro atoms. The Hall–Kier alpha value is -1.17. The maximum atomic E-state index is 10.5. The highest BCUT2D eigenvalue weighted by atomic mass is 32.1. The summed E-state index contributed by atoms with van der Waals surface area (Å²) in [6.07, 6.45) is 3.22. The second-order valence-electron chi connectivity index (χ2n) is 3.86. The molecule has 1 saturated carbocycles. The molecule has 0 aromatic carbocycles. The molecule has 82 valence electrons. The van der Waals surface area contributed by atoms with Crippen molar-refractivity contribution in [3.05, 3.63) is 5.51 Å². The number of aromatic nitrogens is 2. The van der Waals surface area contributed by atoms with E-state index in [0.29, 0.717) is 12.0 Å². The van der Waals surface area contributed by atoms with Gasteiger partial charge in [-0.3, -0.25) is 4.79 Å². The van der Waals surface area contributed by atoms with Gasteiger partial charge in [0.1, 0.15) is 5.51 Å². The van der Waals surface area contributed by atoms with Gasteiger partial charge in [-0.2, -0.15) is 0 Å². The fraction of sp³-hybridized carbons (Fsp3) is 0.667. The third-order valence-corrected chi connectivity index (χ3v) is 3.31. The zero-order chi connectivity index (χ0) is 10.7. The van der Waals surface area contributed by atoms with Gasteiger partial charge in [-0.1, -0.05) is 11.3 Å². The molecule has 0 aliphatic heterocycles. The molecule has 1 aliphatic rings. The van der Waals surface area contributed by atoms with E-state index in [1.165, 1.54) is 11.3 Å². The zero-order valence-corrected chi connectivity index (χ0v) is 9.04. The fourth-order valence-electron chi connectivity index (χ4n) is 2.05. The largest absolute Gasteiger partial charge is 0.481 e. The van der Waals surface area contributed by atoms with Gasteiger partial charge >= 0.3 is 5.97 Å². The van der Waals surface area contributed by atoms with Crippen molar-refractivity contribution in [2.45, 2.75) is 31.7 Å².